The van der Waals surface area contributed by atoms with Gasteiger partial charge < -0.3 is 41.5 Å². The maximum Gasteiger partial charge on any atom is 0.350 e. The molecule has 0 spiro atoms. The third-order valence-corrected chi connectivity index (χ3v) is 11.7. The summed E-state index contributed by atoms with van der Waals surface area (Å²) in [5, 5.41) is 47.9. The molecule has 3 atom stereocenters. The molecule has 0 aliphatic carbocycles. The Labute approximate surface area is 317 Å². The van der Waals surface area contributed by atoms with Gasteiger partial charge in [-0.15, -0.1) is 28.2 Å². The van der Waals surface area contributed by atoms with Crippen molar-refractivity contribution < 1.29 is 48.6 Å². The number of phenolic OH excluding ortho intramolecular Hbond substituents is 2. The predicted octanol–water partition coefficient (Wildman–Crippen LogP) is 0.399. The number of aromatic nitrogens is 1. The van der Waals surface area contributed by atoms with Crippen molar-refractivity contribution in [1.29, 1.82) is 0 Å². The number of imide groups is 1. The molecule has 9 N–H and O–H groups in total. The second-order valence-electron chi connectivity index (χ2n) is 13.2. The number of oxime groups is 1. The van der Waals surface area contributed by atoms with Crippen LogP contribution in [0.1, 0.15) is 54.1 Å². The Morgan fingerprint density at radius 3 is 2.48 bits per heavy atom. The van der Waals surface area contributed by atoms with E-state index in [0.29, 0.717) is 42.1 Å². The van der Waals surface area contributed by atoms with Crippen LogP contribution >= 0.6 is 23.1 Å². The van der Waals surface area contributed by atoms with Crippen molar-refractivity contribution >= 4 is 63.5 Å². The smallest absolute Gasteiger partial charge is 0.350 e. The van der Waals surface area contributed by atoms with Gasteiger partial charge in [-0.05, 0) is 46.9 Å². The maximum absolute atomic E-state index is 13.9. The number of amides is 4. The highest BCUT2D eigenvalue weighted by Crippen LogP contribution is 2.43. The second-order valence-corrected chi connectivity index (χ2v) is 15.2. The summed E-state index contributed by atoms with van der Waals surface area (Å²) in [5.41, 5.74) is 4.73. The van der Waals surface area contributed by atoms with Crippen molar-refractivity contribution in [3.63, 3.8) is 0 Å². The third-order valence-electron chi connectivity index (χ3n) is 9.71. The molecule has 54 heavy (non-hydrogen) atoms. The number of carbonyl (C=O) groups excluding carboxylic acids is 4. The molecule has 0 bridgehead atoms. The highest BCUT2D eigenvalue weighted by atomic mass is 32.2. The minimum Gasteiger partial charge on any atom is -0.504 e. The molecule has 4 amide bonds. The number of nitrogens with two attached hydrogens (primary N) is 2. The van der Waals surface area contributed by atoms with Crippen LogP contribution in [-0.2, 0) is 19.2 Å². The number of nitrogen functional groups attached to an aromatic ring is 1. The maximum atomic E-state index is 13.9. The third kappa shape index (κ3) is 7.28. The van der Waals surface area contributed by atoms with Gasteiger partial charge in [-0.25, -0.2) is 9.78 Å². The average Bonchev–Trinajstić information content (AvgIpc) is 3.68. The zero-order valence-electron chi connectivity index (χ0n) is 30.1. The molecular weight excluding hydrogens is 747 g/mol. The number of hydrogen-bond donors (Lipinski definition) is 7. The number of aromatic hydroxyl groups is 2. The summed E-state index contributed by atoms with van der Waals surface area (Å²) in [6, 6.07) is 1.44. The Kier molecular flexibility index (Phi) is 11.5. The molecule has 20 nitrogen and oxygen atoms in total. The lowest BCUT2D eigenvalue weighted by Crippen LogP contribution is -2.72. The van der Waals surface area contributed by atoms with Crippen LogP contribution in [0.25, 0.3) is 0 Å². The van der Waals surface area contributed by atoms with Gasteiger partial charge in [0.05, 0.1) is 43.0 Å². The van der Waals surface area contributed by atoms with Crippen molar-refractivity contribution in [3.8, 4) is 11.5 Å². The number of thioether (sulfide) groups is 1. The van der Waals surface area contributed by atoms with Gasteiger partial charge in [-0.1, -0.05) is 10.4 Å². The van der Waals surface area contributed by atoms with Crippen LogP contribution in [0.3, 0.4) is 0 Å². The number of β-lactam (4-membered cyclic amide) rings is 1. The Morgan fingerprint density at radius 1 is 1.19 bits per heavy atom. The Balaban J connectivity index is 1.40. The molecule has 3 aliphatic heterocycles. The fourth-order valence-electron chi connectivity index (χ4n) is 6.34. The Bertz CT molecular complexity index is 1960. The van der Waals surface area contributed by atoms with Gasteiger partial charge in [0.15, 0.2) is 28.5 Å². The van der Waals surface area contributed by atoms with Crippen molar-refractivity contribution in [2.75, 3.05) is 51.3 Å². The highest BCUT2D eigenvalue weighted by Gasteiger charge is 2.55. The first-order valence-corrected chi connectivity index (χ1v) is 18.7. The summed E-state index contributed by atoms with van der Waals surface area (Å²) in [4.78, 5) is 77.5. The van der Waals surface area contributed by atoms with E-state index in [1.165, 1.54) is 42.0 Å². The van der Waals surface area contributed by atoms with Crippen LogP contribution in [0.2, 0.25) is 0 Å². The molecule has 1 aromatic heterocycles. The van der Waals surface area contributed by atoms with Crippen molar-refractivity contribution in [1.82, 2.24) is 25.4 Å². The van der Waals surface area contributed by atoms with Gasteiger partial charge in [0.2, 0.25) is 5.60 Å². The van der Waals surface area contributed by atoms with Gasteiger partial charge in [0.1, 0.15) is 23.7 Å². The van der Waals surface area contributed by atoms with E-state index >= 15 is 0 Å². The summed E-state index contributed by atoms with van der Waals surface area (Å²) in [5.74, 6) is 0.821. The number of carboxylic acids is 1. The van der Waals surface area contributed by atoms with Gasteiger partial charge in [-0.2, -0.15) is 0 Å². The number of phenols is 2. The minimum atomic E-state index is -1.78. The highest BCUT2D eigenvalue weighted by molar-refractivity contribution is 8.00. The number of fused-ring (bicyclic) bond motifs is 2. The van der Waals surface area contributed by atoms with Crippen LogP contribution < -0.4 is 22.2 Å². The van der Waals surface area contributed by atoms with E-state index in [1.807, 2.05) is 13.8 Å². The number of rotatable bonds is 16. The molecule has 1 unspecified atom stereocenters. The first kappa shape index (κ1) is 39.9. The number of hydrogen-bond acceptors (Lipinski definition) is 16. The summed E-state index contributed by atoms with van der Waals surface area (Å²) in [6.45, 7) is 8.34. The van der Waals surface area contributed by atoms with E-state index in [1.54, 1.807) is 7.05 Å². The number of carboxylic acid groups (broad SMARTS) is 1. The SMILES string of the molecule is CC[N+](CC)(CCN1C(=O)c2ccc(O)c(O)c2C1=O)CC1=C(C(/N=N\N)NC)N2C(=O)[C@@H](NC(=O)/C(=N\OC(C)(C)C(=O)O)c3csc(N)n3)[C@H]2SC1. The van der Waals surface area contributed by atoms with Crippen LogP contribution in [0.5, 0.6) is 11.5 Å². The first-order valence-electron chi connectivity index (χ1n) is 16.8. The Hall–Kier alpha value is -5.32. The summed E-state index contributed by atoms with van der Waals surface area (Å²) in [7, 11) is 1.63. The molecule has 0 saturated carbocycles. The summed E-state index contributed by atoms with van der Waals surface area (Å²) >= 11 is 2.43. The lowest BCUT2D eigenvalue weighted by molar-refractivity contribution is -0.919. The van der Waals surface area contributed by atoms with E-state index in [-0.39, 0.29) is 34.2 Å². The molecule has 1 aromatic carbocycles. The number of thiazole rings is 1. The average molecular weight is 789 g/mol. The molecule has 2 aromatic rings. The molecule has 3 aliphatic rings. The fourth-order valence-corrected chi connectivity index (χ4v) is 8.24. The van der Waals surface area contributed by atoms with E-state index in [0.717, 1.165) is 27.9 Å². The molecule has 1 fully saturated rings. The molecule has 1 saturated heterocycles. The van der Waals surface area contributed by atoms with E-state index < -0.39 is 64.3 Å². The minimum absolute atomic E-state index is 0.00814. The van der Waals surface area contributed by atoms with E-state index in [9.17, 15) is 39.3 Å². The largest absolute Gasteiger partial charge is 0.504 e. The number of aliphatic carboxylic acids is 1. The molecule has 4 heterocycles. The number of quaternary nitrogens is 1. The zero-order chi connectivity index (χ0) is 39.7. The number of carbonyl (C=O) groups is 5. The van der Waals surface area contributed by atoms with Gasteiger partial charge in [0.25, 0.3) is 23.6 Å². The monoisotopic (exact) mass is 788 g/mol. The van der Waals surface area contributed by atoms with E-state index in [4.69, 9.17) is 16.4 Å². The topological polar surface area (TPSA) is 288 Å². The fraction of sp³-hybridized carbons (Fsp3) is 0.469. The quantitative estimate of drug-likeness (QED) is 0.0177. The molecular formula is C32H42N11O9S2+. The number of benzene rings is 1. The lowest BCUT2D eigenvalue weighted by Gasteiger charge is -2.52. The number of anilines is 1. The predicted molar refractivity (Wildman–Crippen MR) is 196 cm³/mol. The van der Waals surface area contributed by atoms with Crippen LogP contribution in [0.4, 0.5) is 5.13 Å². The number of nitrogens with zero attached hydrogens (tertiary/aromatic N) is 7. The summed E-state index contributed by atoms with van der Waals surface area (Å²) < 4.78 is 0.385. The molecule has 5 rings (SSSR count). The van der Waals surface area contributed by atoms with Gasteiger partial charge >= 0.3 is 5.97 Å². The molecule has 22 heteroatoms. The lowest BCUT2D eigenvalue weighted by atomic mass is 10.00. The van der Waals surface area contributed by atoms with Crippen molar-refractivity contribution in [3.05, 3.63) is 45.6 Å². The van der Waals surface area contributed by atoms with Gasteiger partial charge in [0, 0.05) is 16.7 Å². The normalized spacial score (nSPS) is 19.6. The van der Waals surface area contributed by atoms with Crippen LogP contribution in [0.15, 0.2) is 44.3 Å². The van der Waals surface area contributed by atoms with Crippen LogP contribution in [0, 0.1) is 0 Å². The summed E-state index contributed by atoms with van der Waals surface area (Å²) in [6.07, 6.45) is -0.849. The standard InChI is InChI=1S/C32H41N11O9S2/c1-6-43(7-2,11-10-41-26(47)16-8-9-18(44)23(45)19(16)27(41)48)12-15-13-53-29-21(28(49)42(29)22(15)24(35-5)38-40-34)37-25(46)20(17-14-54-31(33)36-17)39-52-32(3,4)30(50)51/h8-9,14,21,24,29,35H,6-7,10-13H2,1-5H3,(H7-,33,34,36,37,38,39,40,44,45,46,47,48,50,51)/p+1/t21-,24?,29-/m1/s1. The number of likely N-dealkylation sites (N-methyl/N-ethyl adjacent to an activating group) is 2. The number of nitrogens with one attached hydrogen (secondary N) is 2. The van der Waals surface area contributed by atoms with Crippen LogP contribution in [-0.4, -0.2) is 139 Å². The van der Waals surface area contributed by atoms with Gasteiger partial charge in [-0.3, -0.25) is 34.3 Å². The first-order chi connectivity index (χ1) is 25.5. The van der Waals surface area contributed by atoms with Crippen molar-refractivity contribution in [2.24, 2.45) is 21.3 Å². The zero-order valence-corrected chi connectivity index (χ0v) is 31.7. The Morgan fingerprint density at radius 2 is 1.89 bits per heavy atom. The van der Waals surface area contributed by atoms with Crippen molar-refractivity contribution in [2.45, 2.75) is 50.9 Å². The van der Waals surface area contributed by atoms with E-state index in [2.05, 4.69) is 31.1 Å². The second kappa shape index (κ2) is 15.6. The molecule has 290 valence electrons. The molecule has 0 radical (unpaired) electrons.